The van der Waals surface area contributed by atoms with Crippen molar-refractivity contribution in [1.82, 2.24) is 0 Å². The summed E-state index contributed by atoms with van der Waals surface area (Å²) in [6.07, 6.45) is 0. The molecule has 0 heterocycles. The number of hydrogen-bond acceptors (Lipinski definition) is 15. The predicted octanol–water partition coefficient (Wildman–Crippen LogP) is 9.45. The van der Waals surface area contributed by atoms with Gasteiger partial charge in [-0.3, -0.25) is 0 Å². The molecule has 0 amide bonds. The van der Waals surface area contributed by atoms with Crippen molar-refractivity contribution >= 4 is 23.7 Å². The lowest BCUT2D eigenvalue weighted by Crippen LogP contribution is -2.38. The molecule has 0 saturated heterocycles. The van der Waals surface area contributed by atoms with Gasteiger partial charge in [-0.2, -0.15) is 0 Å². The highest BCUT2D eigenvalue weighted by molar-refractivity contribution is 7.99. The van der Waals surface area contributed by atoms with Crippen molar-refractivity contribution in [2.45, 2.75) is 119 Å². The second-order valence-electron chi connectivity index (χ2n) is 12.5. The molecule has 0 atom stereocenters. The van der Waals surface area contributed by atoms with Crippen LogP contribution in [0.15, 0.2) is 34.1 Å². The number of esters is 2. The number of carbonyl (C=O) groups is 2. The highest BCUT2D eigenvalue weighted by Crippen LogP contribution is 2.60. The van der Waals surface area contributed by atoms with Crippen molar-refractivity contribution in [2.75, 3.05) is 66.1 Å². The van der Waals surface area contributed by atoms with E-state index in [4.69, 9.17) is 56.8 Å². The van der Waals surface area contributed by atoms with Crippen molar-refractivity contribution in [3.63, 3.8) is 0 Å². The van der Waals surface area contributed by atoms with Gasteiger partial charge in [-0.25, -0.2) is 9.59 Å². The smallest absolute Gasteiger partial charge is 0.338 e. The minimum Gasteiger partial charge on any atom is -0.492 e. The molecule has 0 unspecified atom stereocenters. The van der Waals surface area contributed by atoms with Crippen LogP contribution >= 0.6 is 11.8 Å². The van der Waals surface area contributed by atoms with E-state index in [1.807, 2.05) is 27.7 Å². The summed E-state index contributed by atoms with van der Waals surface area (Å²) < 4.78 is 76.3. The van der Waals surface area contributed by atoms with E-state index in [-0.39, 0.29) is 111 Å². The van der Waals surface area contributed by atoms with Crippen LogP contribution in [0.25, 0.3) is 0 Å². The third kappa shape index (κ3) is 11.7. The molecular weight excluding hydrogens is 785 g/mol. The Morgan fingerprint density at radius 3 is 0.915 bits per heavy atom. The Hall–Kier alpha value is -3.83. The minimum absolute atomic E-state index is 0.0432. The predicted molar refractivity (Wildman–Crippen MR) is 225 cm³/mol. The molecular formula is C44H66O14S. The van der Waals surface area contributed by atoms with Crippen molar-refractivity contribution < 1.29 is 66.4 Å². The van der Waals surface area contributed by atoms with Crippen LogP contribution in [0.3, 0.4) is 0 Å². The van der Waals surface area contributed by atoms with E-state index < -0.39 is 23.9 Å². The van der Waals surface area contributed by atoms with Gasteiger partial charge < -0.3 is 56.8 Å². The minimum atomic E-state index is -1.93. The lowest BCUT2D eigenvalue weighted by Gasteiger charge is -2.37. The molecule has 0 bridgehead atoms. The summed E-state index contributed by atoms with van der Waals surface area (Å²) in [7, 11) is 0. The molecule has 2 rings (SSSR count). The van der Waals surface area contributed by atoms with Gasteiger partial charge in [0, 0.05) is 61.9 Å². The highest BCUT2D eigenvalue weighted by atomic mass is 32.2. The Labute approximate surface area is 355 Å². The summed E-state index contributed by atoms with van der Waals surface area (Å²) in [6, 6.07) is 0. The summed E-state index contributed by atoms with van der Waals surface area (Å²) in [4.78, 5) is 27.6. The molecule has 15 heteroatoms. The van der Waals surface area contributed by atoms with E-state index in [0.29, 0.717) is 32.4 Å². The Bertz CT molecular complexity index is 1590. The second kappa shape index (κ2) is 24.4. The fourth-order valence-electron chi connectivity index (χ4n) is 6.04. The first kappa shape index (κ1) is 51.3. The number of ether oxygens (including phenoxy) is 12. The fraction of sp³-hybridized carbons (Fsp3) is 0.591. The summed E-state index contributed by atoms with van der Waals surface area (Å²) in [5, 5.41) is 0. The van der Waals surface area contributed by atoms with Gasteiger partial charge in [0.1, 0.15) is 22.6 Å². The van der Waals surface area contributed by atoms with Crippen LogP contribution in [0.5, 0.6) is 34.5 Å². The van der Waals surface area contributed by atoms with E-state index in [1.165, 1.54) is 11.8 Å². The van der Waals surface area contributed by atoms with Crippen LogP contribution in [0.4, 0.5) is 0 Å². The average molecular weight is 851 g/mol. The molecule has 14 nitrogen and oxygen atoms in total. The van der Waals surface area contributed by atoms with Crippen molar-refractivity contribution in [3.8, 4) is 34.5 Å². The summed E-state index contributed by atoms with van der Waals surface area (Å²) >= 11 is 1.17. The molecule has 332 valence electrons. The van der Waals surface area contributed by atoms with Crippen LogP contribution in [-0.4, -0.2) is 78.0 Å². The molecule has 0 N–H and O–H groups in total. The van der Waals surface area contributed by atoms with Gasteiger partial charge in [0.25, 0.3) is 0 Å². The number of benzene rings is 2. The zero-order valence-corrected chi connectivity index (χ0v) is 38.4. The van der Waals surface area contributed by atoms with Gasteiger partial charge in [-0.1, -0.05) is 24.9 Å². The van der Waals surface area contributed by atoms with Gasteiger partial charge in [0.05, 0.1) is 36.2 Å². The Kier molecular flexibility index (Phi) is 21.2. The summed E-state index contributed by atoms with van der Waals surface area (Å²) in [5.41, 5.74) is 1.40. The van der Waals surface area contributed by atoms with E-state index in [0.717, 1.165) is 0 Å². The van der Waals surface area contributed by atoms with Crippen LogP contribution in [0.2, 0.25) is 0 Å². The van der Waals surface area contributed by atoms with Gasteiger partial charge in [-0.05, 0) is 96.9 Å². The van der Waals surface area contributed by atoms with Crippen LogP contribution in [0.1, 0.15) is 105 Å². The average Bonchev–Trinajstić information content (AvgIpc) is 3.18. The standard InChI is InChI=1S/C44H66O14S/c1-17-47-35-29(15)33(57-41(45)27(11)12)31(43(51-21-5,52-22-6)53-23-7)37(49-19-3)39(35)59-40-36(48-18-2)30(16)34(58-42(46)28(13)14)32(38(40)50-20-4)44(54-24-8,55-25-9)56-26-10/h11,13,17-26H2,1-10,12,14-16H3. The first-order valence-corrected chi connectivity index (χ1v) is 21.2. The Morgan fingerprint density at radius 2 is 0.695 bits per heavy atom. The maximum atomic E-state index is 13.4. The van der Waals surface area contributed by atoms with Crippen molar-refractivity contribution in [2.24, 2.45) is 0 Å². The topological polar surface area (TPSA) is 145 Å². The molecule has 0 saturated carbocycles. The zero-order valence-electron chi connectivity index (χ0n) is 37.6. The zero-order chi connectivity index (χ0) is 44.5. The molecule has 0 aliphatic heterocycles. The highest BCUT2D eigenvalue weighted by Gasteiger charge is 2.48. The molecule has 0 radical (unpaired) electrons. The molecule has 2 aromatic rings. The summed E-state index contributed by atoms with van der Waals surface area (Å²) in [6.45, 7) is 33.8. The van der Waals surface area contributed by atoms with Crippen LogP contribution in [-0.2, 0) is 50.0 Å². The van der Waals surface area contributed by atoms with Crippen LogP contribution in [0, 0.1) is 13.8 Å². The lowest BCUT2D eigenvalue weighted by molar-refractivity contribution is -0.390. The van der Waals surface area contributed by atoms with Gasteiger partial charge >= 0.3 is 23.9 Å². The van der Waals surface area contributed by atoms with Crippen molar-refractivity contribution in [3.05, 3.63) is 46.6 Å². The van der Waals surface area contributed by atoms with Gasteiger partial charge in [0.15, 0.2) is 23.0 Å². The number of rotatable bonds is 28. The third-order valence-corrected chi connectivity index (χ3v) is 9.31. The van der Waals surface area contributed by atoms with Gasteiger partial charge in [0.2, 0.25) is 0 Å². The van der Waals surface area contributed by atoms with E-state index in [9.17, 15) is 9.59 Å². The molecule has 59 heavy (non-hydrogen) atoms. The molecule has 0 aliphatic carbocycles. The number of hydrogen-bond donors (Lipinski definition) is 0. The van der Waals surface area contributed by atoms with Gasteiger partial charge in [-0.15, -0.1) is 0 Å². The summed E-state index contributed by atoms with van der Waals surface area (Å²) in [5.74, 6) is -4.23. The normalized spacial score (nSPS) is 11.6. The first-order valence-electron chi connectivity index (χ1n) is 20.3. The largest absolute Gasteiger partial charge is 0.492 e. The Morgan fingerprint density at radius 1 is 0.441 bits per heavy atom. The quantitative estimate of drug-likeness (QED) is 0.0347. The second-order valence-corrected chi connectivity index (χ2v) is 13.5. The monoisotopic (exact) mass is 850 g/mol. The third-order valence-electron chi connectivity index (χ3n) is 8.16. The molecule has 0 aromatic heterocycles. The van der Waals surface area contributed by atoms with Crippen molar-refractivity contribution in [1.29, 1.82) is 0 Å². The van der Waals surface area contributed by atoms with E-state index in [2.05, 4.69) is 13.2 Å². The first-order chi connectivity index (χ1) is 28.1. The lowest BCUT2D eigenvalue weighted by atomic mass is 10.0. The fourth-order valence-corrected chi connectivity index (χ4v) is 7.36. The maximum Gasteiger partial charge on any atom is 0.338 e. The SMILES string of the molecule is C=C(C)C(=O)Oc1c(C)c(OCC)c(Sc2c(OCC)c(C)c(OC(=O)C(=C)C)c(C(OCC)(OCC)OCC)c2OCC)c(OCC)c1C(OCC)(OCC)OCC. The maximum absolute atomic E-state index is 13.4. The number of carbonyl (C=O) groups excluding carboxylic acids is 2. The molecule has 0 fully saturated rings. The van der Waals surface area contributed by atoms with E-state index in [1.54, 1.807) is 69.2 Å². The molecule has 2 aromatic carbocycles. The Balaban J connectivity index is 3.59. The van der Waals surface area contributed by atoms with E-state index >= 15 is 0 Å². The molecule has 0 aliphatic rings. The molecule has 0 spiro atoms. The van der Waals surface area contributed by atoms with Crippen LogP contribution < -0.4 is 28.4 Å².